The first-order valence-electron chi connectivity index (χ1n) is 5.85. The van der Waals surface area contributed by atoms with Gasteiger partial charge in [0.15, 0.2) is 0 Å². The lowest BCUT2D eigenvalue weighted by atomic mass is 10.0. The van der Waals surface area contributed by atoms with Gasteiger partial charge in [-0.15, -0.1) is 0 Å². The summed E-state index contributed by atoms with van der Waals surface area (Å²) >= 11 is 0. The smallest absolute Gasteiger partial charge is 0.236 e. The van der Waals surface area contributed by atoms with Crippen LogP contribution < -0.4 is 0 Å². The molecule has 0 aliphatic carbocycles. The fourth-order valence-corrected chi connectivity index (χ4v) is 1.70. The Hall–Kier alpha value is -2.33. The highest BCUT2D eigenvalue weighted by Crippen LogP contribution is 2.11. The summed E-state index contributed by atoms with van der Waals surface area (Å²) in [5.74, 6) is 5.46. The van der Waals surface area contributed by atoms with Crippen LogP contribution in [0.5, 0.6) is 0 Å². The van der Waals surface area contributed by atoms with E-state index in [0.717, 1.165) is 16.7 Å². The Morgan fingerprint density at radius 1 is 1.00 bits per heavy atom. The molecule has 2 aromatic carbocycles. The van der Waals surface area contributed by atoms with Gasteiger partial charge in [-0.2, -0.15) is 0 Å². The van der Waals surface area contributed by atoms with Crippen molar-refractivity contribution < 1.29 is 4.79 Å². The standard InChI is InChI=1S/C17H14O/c1-13-8-9-14(2)16(12-13)17(18)11-10-15-6-4-3-5-7-15/h3-9,12H,1-2H3. The minimum atomic E-state index is -0.125. The Balaban J connectivity index is 2.28. The molecule has 88 valence electrons. The van der Waals surface area contributed by atoms with Crippen LogP contribution in [-0.4, -0.2) is 5.78 Å². The molecule has 0 amide bonds. The van der Waals surface area contributed by atoms with Crippen LogP contribution in [0.2, 0.25) is 0 Å². The summed E-state index contributed by atoms with van der Waals surface area (Å²) in [4.78, 5) is 12.0. The van der Waals surface area contributed by atoms with Gasteiger partial charge in [-0.05, 0) is 43.5 Å². The lowest BCUT2D eigenvalue weighted by Gasteiger charge is -2.01. The zero-order valence-electron chi connectivity index (χ0n) is 10.5. The highest BCUT2D eigenvalue weighted by Gasteiger charge is 2.05. The fraction of sp³-hybridized carbons (Fsp3) is 0.118. The van der Waals surface area contributed by atoms with Gasteiger partial charge in [-0.1, -0.05) is 41.8 Å². The molecular weight excluding hydrogens is 220 g/mol. The molecule has 0 saturated heterocycles. The third-order valence-electron chi connectivity index (χ3n) is 2.73. The molecule has 18 heavy (non-hydrogen) atoms. The highest BCUT2D eigenvalue weighted by molar-refractivity contribution is 6.10. The quantitative estimate of drug-likeness (QED) is 0.545. The molecule has 2 rings (SSSR count). The molecule has 0 bridgehead atoms. The molecule has 0 aliphatic heterocycles. The molecule has 0 radical (unpaired) electrons. The maximum Gasteiger partial charge on any atom is 0.236 e. The van der Waals surface area contributed by atoms with Gasteiger partial charge in [0.25, 0.3) is 0 Å². The largest absolute Gasteiger partial charge is 0.279 e. The zero-order valence-corrected chi connectivity index (χ0v) is 10.5. The summed E-state index contributed by atoms with van der Waals surface area (Å²) in [5, 5.41) is 0. The topological polar surface area (TPSA) is 17.1 Å². The van der Waals surface area contributed by atoms with E-state index in [4.69, 9.17) is 0 Å². The monoisotopic (exact) mass is 234 g/mol. The molecule has 0 N–H and O–H groups in total. The summed E-state index contributed by atoms with van der Waals surface area (Å²) < 4.78 is 0. The van der Waals surface area contributed by atoms with Crippen LogP contribution in [0.25, 0.3) is 0 Å². The second-order valence-corrected chi connectivity index (χ2v) is 4.26. The molecule has 0 atom stereocenters. The van der Waals surface area contributed by atoms with Gasteiger partial charge in [0.1, 0.15) is 0 Å². The van der Waals surface area contributed by atoms with Gasteiger partial charge < -0.3 is 0 Å². The number of benzene rings is 2. The van der Waals surface area contributed by atoms with Crippen molar-refractivity contribution in [2.75, 3.05) is 0 Å². The second-order valence-electron chi connectivity index (χ2n) is 4.26. The maximum atomic E-state index is 12.0. The highest BCUT2D eigenvalue weighted by atomic mass is 16.1. The van der Waals surface area contributed by atoms with E-state index < -0.39 is 0 Å². The Labute approximate surface area is 107 Å². The van der Waals surface area contributed by atoms with Crippen LogP contribution in [-0.2, 0) is 0 Å². The minimum absolute atomic E-state index is 0.125. The van der Waals surface area contributed by atoms with Gasteiger partial charge in [-0.3, -0.25) is 4.79 Å². The SMILES string of the molecule is Cc1ccc(C)c(C(=O)C#Cc2ccccc2)c1. The Morgan fingerprint density at radius 3 is 2.44 bits per heavy atom. The normalized spacial score (nSPS) is 9.44. The first-order valence-corrected chi connectivity index (χ1v) is 5.85. The summed E-state index contributed by atoms with van der Waals surface area (Å²) in [7, 11) is 0. The zero-order chi connectivity index (χ0) is 13.0. The average Bonchev–Trinajstić information content (AvgIpc) is 2.40. The molecule has 0 saturated carbocycles. The minimum Gasteiger partial charge on any atom is -0.279 e. The first-order chi connectivity index (χ1) is 8.66. The van der Waals surface area contributed by atoms with E-state index >= 15 is 0 Å². The number of aryl methyl sites for hydroxylation is 2. The molecule has 1 nitrogen and oxygen atoms in total. The molecule has 0 aliphatic rings. The number of Topliss-reactive ketones (excluding diaryl/α,β-unsaturated/α-hetero) is 1. The molecule has 0 aromatic heterocycles. The molecule has 1 heteroatoms. The molecule has 0 unspecified atom stereocenters. The maximum absolute atomic E-state index is 12.0. The molecular formula is C17H14O. The van der Waals surface area contributed by atoms with Crippen molar-refractivity contribution in [2.24, 2.45) is 0 Å². The number of hydrogen-bond acceptors (Lipinski definition) is 1. The van der Waals surface area contributed by atoms with Crippen LogP contribution in [0, 0.1) is 25.7 Å². The van der Waals surface area contributed by atoms with Crippen molar-refractivity contribution in [1.29, 1.82) is 0 Å². The van der Waals surface area contributed by atoms with E-state index in [2.05, 4.69) is 11.8 Å². The van der Waals surface area contributed by atoms with Crippen LogP contribution in [0.3, 0.4) is 0 Å². The Bertz CT molecular complexity index is 628. The van der Waals surface area contributed by atoms with E-state index in [9.17, 15) is 4.79 Å². The van der Waals surface area contributed by atoms with E-state index in [0.29, 0.717) is 5.56 Å². The summed E-state index contributed by atoms with van der Waals surface area (Å²) in [6, 6.07) is 15.4. The number of ketones is 1. The van der Waals surface area contributed by atoms with E-state index in [1.165, 1.54) is 0 Å². The van der Waals surface area contributed by atoms with Gasteiger partial charge in [0, 0.05) is 11.1 Å². The number of hydrogen-bond donors (Lipinski definition) is 0. The van der Waals surface area contributed by atoms with Crippen LogP contribution in [0.15, 0.2) is 48.5 Å². The van der Waals surface area contributed by atoms with Crippen molar-refractivity contribution in [3.63, 3.8) is 0 Å². The van der Waals surface area contributed by atoms with E-state index in [-0.39, 0.29) is 5.78 Å². The van der Waals surface area contributed by atoms with E-state index in [1.54, 1.807) is 0 Å². The molecule has 0 spiro atoms. The van der Waals surface area contributed by atoms with Crippen molar-refractivity contribution in [2.45, 2.75) is 13.8 Å². The van der Waals surface area contributed by atoms with Gasteiger partial charge in [0.2, 0.25) is 5.78 Å². The predicted octanol–water partition coefficient (Wildman–Crippen LogP) is 3.54. The van der Waals surface area contributed by atoms with E-state index in [1.807, 2.05) is 62.4 Å². The lowest BCUT2D eigenvalue weighted by molar-refractivity contribution is 0.105. The van der Waals surface area contributed by atoms with Gasteiger partial charge in [-0.25, -0.2) is 0 Å². The summed E-state index contributed by atoms with van der Waals surface area (Å²) in [6.45, 7) is 3.90. The third kappa shape index (κ3) is 2.87. The number of carbonyl (C=O) groups is 1. The molecule has 2 aromatic rings. The third-order valence-corrected chi connectivity index (χ3v) is 2.73. The van der Waals surface area contributed by atoms with Gasteiger partial charge >= 0.3 is 0 Å². The number of carbonyl (C=O) groups excluding carboxylic acids is 1. The van der Waals surface area contributed by atoms with Crippen LogP contribution in [0.1, 0.15) is 27.0 Å². The van der Waals surface area contributed by atoms with Crippen LogP contribution in [0.4, 0.5) is 0 Å². The summed E-state index contributed by atoms with van der Waals surface area (Å²) in [5.41, 5.74) is 3.59. The molecule has 0 heterocycles. The Kier molecular flexibility index (Phi) is 3.60. The van der Waals surface area contributed by atoms with Crippen molar-refractivity contribution in [1.82, 2.24) is 0 Å². The lowest BCUT2D eigenvalue weighted by Crippen LogP contribution is -1.99. The van der Waals surface area contributed by atoms with Crippen molar-refractivity contribution in [3.8, 4) is 11.8 Å². The average molecular weight is 234 g/mol. The first kappa shape index (κ1) is 12.1. The fourth-order valence-electron chi connectivity index (χ4n) is 1.70. The second kappa shape index (κ2) is 5.33. The van der Waals surface area contributed by atoms with Gasteiger partial charge in [0.05, 0.1) is 0 Å². The predicted molar refractivity (Wildman–Crippen MR) is 73.6 cm³/mol. The Morgan fingerprint density at radius 2 is 1.72 bits per heavy atom. The van der Waals surface area contributed by atoms with Crippen molar-refractivity contribution in [3.05, 3.63) is 70.8 Å². The van der Waals surface area contributed by atoms with Crippen molar-refractivity contribution >= 4 is 5.78 Å². The molecule has 0 fully saturated rings. The van der Waals surface area contributed by atoms with Crippen LogP contribution >= 0.6 is 0 Å². The number of rotatable bonds is 1. The summed E-state index contributed by atoms with van der Waals surface area (Å²) in [6.07, 6.45) is 0.